The Balaban J connectivity index is 1.43. The lowest BCUT2D eigenvalue weighted by molar-refractivity contribution is -0.135. The fourth-order valence-corrected chi connectivity index (χ4v) is 4.38. The summed E-state index contributed by atoms with van der Waals surface area (Å²) in [5.74, 6) is 2.76. The van der Waals surface area contributed by atoms with Gasteiger partial charge in [-0.2, -0.15) is 0 Å². The van der Waals surface area contributed by atoms with Gasteiger partial charge >= 0.3 is 0 Å². The molecule has 1 amide bonds. The van der Waals surface area contributed by atoms with Crippen molar-refractivity contribution in [2.75, 3.05) is 20.2 Å². The highest BCUT2D eigenvalue weighted by molar-refractivity contribution is 5.91. The van der Waals surface area contributed by atoms with E-state index in [1.165, 1.54) is 5.82 Å². The van der Waals surface area contributed by atoms with Crippen LogP contribution >= 0.6 is 0 Å². The van der Waals surface area contributed by atoms with Gasteiger partial charge in [0.2, 0.25) is 5.91 Å². The molecule has 0 N–H and O–H groups in total. The minimum absolute atomic E-state index is 0.296. The first-order chi connectivity index (χ1) is 13.0. The lowest BCUT2D eigenvalue weighted by atomic mass is 9.91. The maximum atomic E-state index is 13.3. The van der Waals surface area contributed by atoms with Gasteiger partial charge in [-0.25, -0.2) is 4.98 Å². The standard InChI is InChI=1S/C22H29N3O2/c1-16(2)25-15-12-23-20(25)17-8-13-24(14-9-17)21(26)22(10-11-22)18-4-6-19(27-3)7-5-18/h4-7,12,15-17H,8-11,13-14H2,1-3H3. The van der Waals surface area contributed by atoms with Crippen molar-refractivity contribution in [3.63, 3.8) is 0 Å². The van der Waals surface area contributed by atoms with Crippen LogP contribution in [0.25, 0.3) is 0 Å². The second kappa shape index (κ2) is 7.02. The van der Waals surface area contributed by atoms with E-state index < -0.39 is 0 Å². The first kappa shape index (κ1) is 18.1. The molecule has 2 aliphatic rings. The van der Waals surface area contributed by atoms with Crippen molar-refractivity contribution >= 4 is 5.91 Å². The van der Waals surface area contributed by atoms with Crippen LogP contribution in [0.2, 0.25) is 0 Å². The van der Waals surface area contributed by atoms with E-state index in [1.807, 2.05) is 18.3 Å². The van der Waals surface area contributed by atoms with Gasteiger partial charge in [0.15, 0.2) is 0 Å². The molecule has 2 aromatic rings. The summed E-state index contributed by atoms with van der Waals surface area (Å²) in [6.45, 7) is 6.03. The van der Waals surface area contributed by atoms with Gasteiger partial charge in [-0.3, -0.25) is 4.79 Å². The number of rotatable bonds is 5. The van der Waals surface area contributed by atoms with E-state index in [1.54, 1.807) is 7.11 Å². The number of ether oxygens (including phenoxy) is 1. The molecule has 0 spiro atoms. The largest absolute Gasteiger partial charge is 0.497 e. The highest BCUT2D eigenvalue weighted by Gasteiger charge is 2.53. The molecular formula is C22H29N3O2. The summed E-state index contributed by atoms with van der Waals surface area (Å²) in [6, 6.07) is 8.44. The molecule has 2 heterocycles. The molecule has 4 rings (SSSR count). The monoisotopic (exact) mass is 367 g/mol. The number of imidazole rings is 1. The molecule has 2 fully saturated rings. The van der Waals surface area contributed by atoms with E-state index in [-0.39, 0.29) is 5.41 Å². The zero-order valence-corrected chi connectivity index (χ0v) is 16.5. The predicted molar refractivity (Wildman–Crippen MR) is 105 cm³/mol. The number of amides is 1. The van der Waals surface area contributed by atoms with Crippen LogP contribution < -0.4 is 4.74 Å². The van der Waals surface area contributed by atoms with Gasteiger partial charge in [-0.05, 0) is 57.2 Å². The van der Waals surface area contributed by atoms with Gasteiger partial charge in [0, 0.05) is 37.4 Å². The lowest BCUT2D eigenvalue weighted by Gasteiger charge is -2.34. The summed E-state index contributed by atoms with van der Waals surface area (Å²) in [5, 5.41) is 0. The second-order valence-corrected chi connectivity index (χ2v) is 8.16. The van der Waals surface area contributed by atoms with Crippen LogP contribution in [0, 0.1) is 0 Å². The van der Waals surface area contributed by atoms with Crippen molar-refractivity contribution in [2.24, 2.45) is 0 Å². The first-order valence-electron chi connectivity index (χ1n) is 10.0. The fraction of sp³-hybridized carbons (Fsp3) is 0.545. The Hall–Kier alpha value is -2.30. The summed E-state index contributed by atoms with van der Waals surface area (Å²) >= 11 is 0. The third-order valence-corrected chi connectivity index (χ3v) is 6.20. The number of carbonyl (C=O) groups excluding carboxylic acids is 1. The average molecular weight is 367 g/mol. The highest BCUT2D eigenvalue weighted by atomic mass is 16.5. The first-order valence-corrected chi connectivity index (χ1v) is 10.0. The van der Waals surface area contributed by atoms with Crippen molar-refractivity contribution in [3.8, 4) is 5.75 Å². The van der Waals surface area contributed by atoms with Gasteiger partial charge in [0.05, 0.1) is 12.5 Å². The van der Waals surface area contributed by atoms with Crippen molar-refractivity contribution in [1.82, 2.24) is 14.5 Å². The predicted octanol–water partition coefficient (Wildman–Crippen LogP) is 3.91. The number of methoxy groups -OCH3 is 1. The van der Waals surface area contributed by atoms with Gasteiger partial charge in [0.25, 0.3) is 0 Å². The molecule has 0 radical (unpaired) electrons. The molecule has 1 aliphatic carbocycles. The normalized spacial score (nSPS) is 19.3. The van der Waals surface area contributed by atoms with Crippen LogP contribution in [0.1, 0.15) is 62.9 Å². The van der Waals surface area contributed by atoms with Crippen LogP contribution in [0.5, 0.6) is 5.75 Å². The third-order valence-electron chi connectivity index (χ3n) is 6.20. The topological polar surface area (TPSA) is 47.4 Å². The summed E-state index contributed by atoms with van der Waals surface area (Å²) < 4.78 is 7.52. The summed E-state index contributed by atoms with van der Waals surface area (Å²) in [5.41, 5.74) is 0.834. The second-order valence-electron chi connectivity index (χ2n) is 8.16. The Bertz CT molecular complexity index is 797. The van der Waals surface area contributed by atoms with Gasteiger partial charge < -0.3 is 14.2 Å². The van der Waals surface area contributed by atoms with E-state index >= 15 is 0 Å². The third kappa shape index (κ3) is 3.24. The number of carbonyl (C=O) groups is 1. The summed E-state index contributed by atoms with van der Waals surface area (Å²) in [4.78, 5) is 20.0. The molecule has 1 aliphatic heterocycles. The number of piperidine rings is 1. The molecule has 27 heavy (non-hydrogen) atoms. The zero-order valence-electron chi connectivity index (χ0n) is 16.5. The maximum absolute atomic E-state index is 13.3. The van der Waals surface area contributed by atoms with E-state index in [0.29, 0.717) is 17.9 Å². The minimum atomic E-state index is -0.296. The van der Waals surface area contributed by atoms with Crippen LogP contribution in [0.4, 0.5) is 0 Å². The van der Waals surface area contributed by atoms with E-state index in [0.717, 1.165) is 50.1 Å². The van der Waals surface area contributed by atoms with E-state index in [9.17, 15) is 4.79 Å². The SMILES string of the molecule is COc1ccc(C2(C(=O)N3CCC(c4nccn4C(C)C)CC3)CC2)cc1. The molecule has 5 nitrogen and oxygen atoms in total. The van der Waals surface area contributed by atoms with E-state index in [2.05, 4.69) is 46.6 Å². The molecule has 5 heteroatoms. The Labute approximate surface area is 161 Å². The molecule has 1 saturated heterocycles. The number of hydrogen-bond donors (Lipinski definition) is 0. The summed E-state index contributed by atoms with van der Waals surface area (Å²) in [6.07, 6.45) is 7.87. The Kier molecular flexibility index (Phi) is 4.70. The van der Waals surface area contributed by atoms with Crippen molar-refractivity contribution in [2.45, 2.75) is 56.9 Å². The highest BCUT2D eigenvalue weighted by Crippen LogP contribution is 2.50. The fourth-order valence-electron chi connectivity index (χ4n) is 4.38. The number of likely N-dealkylation sites (tertiary alicyclic amines) is 1. The maximum Gasteiger partial charge on any atom is 0.233 e. The molecular weight excluding hydrogens is 338 g/mol. The molecule has 0 atom stereocenters. The smallest absolute Gasteiger partial charge is 0.233 e. The Morgan fingerprint density at radius 2 is 1.85 bits per heavy atom. The Morgan fingerprint density at radius 3 is 2.41 bits per heavy atom. The van der Waals surface area contributed by atoms with Crippen molar-refractivity contribution < 1.29 is 9.53 Å². The van der Waals surface area contributed by atoms with Gasteiger partial charge in [-0.1, -0.05) is 12.1 Å². The number of nitrogens with zero attached hydrogens (tertiary/aromatic N) is 3. The lowest BCUT2D eigenvalue weighted by Crippen LogP contribution is -2.44. The quantitative estimate of drug-likeness (QED) is 0.805. The van der Waals surface area contributed by atoms with Gasteiger partial charge in [-0.15, -0.1) is 0 Å². The van der Waals surface area contributed by atoms with Crippen LogP contribution in [0.3, 0.4) is 0 Å². The molecule has 1 aromatic carbocycles. The molecule has 0 unspecified atom stereocenters. The number of hydrogen-bond acceptors (Lipinski definition) is 3. The average Bonchev–Trinajstić information content (AvgIpc) is 3.36. The van der Waals surface area contributed by atoms with Gasteiger partial charge in [0.1, 0.15) is 11.6 Å². The molecule has 1 saturated carbocycles. The number of aromatic nitrogens is 2. The molecule has 0 bridgehead atoms. The van der Waals surface area contributed by atoms with Crippen LogP contribution in [-0.2, 0) is 10.2 Å². The number of benzene rings is 1. The van der Waals surface area contributed by atoms with Crippen molar-refractivity contribution in [3.05, 3.63) is 48.0 Å². The molecule has 1 aromatic heterocycles. The van der Waals surface area contributed by atoms with E-state index in [4.69, 9.17) is 4.74 Å². The summed E-state index contributed by atoms with van der Waals surface area (Å²) in [7, 11) is 1.67. The van der Waals surface area contributed by atoms with Crippen LogP contribution in [-0.4, -0.2) is 40.6 Å². The Morgan fingerprint density at radius 1 is 1.19 bits per heavy atom. The van der Waals surface area contributed by atoms with Crippen LogP contribution in [0.15, 0.2) is 36.7 Å². The minimum Gasteiger partial charge on any atom is -0.497 e. The van der Waals surface area contributed by atoms with Crippen molar-refractivity contribution in [1.29, 1.82) is 0 Å². The zero-order chi connectivity index (χ0) is 19.0. The molecule has 144 valence electrons.